The molecule has 1 saturated heterocycles. The molecular formula is C20H22N2O4. The van der Waals surface area contributed by atoms with E-state index in [1.807, 2.05) is 12.1 Å². The minimum absolute atomic E-state index is 0.0284. The van der Waals surface area contributed by atoms with Crippen LogP contribution in [0.1, 0.15) is 28.8 Å². The van der Waals surface area contributed by atoms with Crippen molar-refractivity contribution in [1.29, 1.82) is 0 Å². The van der Waals surface area contributed by atoms with Crippen LogP contribution in [0.4, 0.5) is 11.4 Å². The molecule has 0 unspecified atom stereocenters. The minimum atomic E-state index is -0.381. The number of carbonyl (C=O) groups excluding carboxylic acids is 1. The van der Waals surface area contributed by atoms with Gasteiger partial charge in [0.25, 0.3) is 0 Å². The SMILES string of the molecule is COC(=O)c1cc(N=Cc2cccc(OC)c2O)ccc1N1CCCC1. The Morgan fingerprint density at radius 2 is 1.96 bits per heavy atom. The van der Waals surface area contributed by atoms with Gasteiger partial charge < -0.3 is 19.5 Å². The lowest BCUT2D eigenvalue weighted by molar-refractivity contribution is 0.0601. The van der Waals surface area contributed by atoms with Crippen molar-refractivity contribution >= 4 is 23.6 Å². The molecule has 1 fully saturated rings. The maximum atomic E-state index is 12.2. The molecule has 0 aromatic heterocycles. The molecule has 136 valence electrons. The van der Waals surface area contributed by atoms with E-state index in [2.05, 4.69) is 9.89 Å². The number of para-hydroxylation sites is 1. The van der Waals surface area contributed by atoms with Gasteiger partial charge in [-0.25, -0.2) is 4.79 Å². The molecule has 0 bridgehead atoms. The Kier molecular flexibility index (Phi) is 5.41. The second kappa shape index (κ2) is 7.91. The third kappa shape index (κ3) is 3.64. The zero-order valence-electron chi connectivity index (χ0n) is 14.9. The lowest BCUT2D eigenvalue weighted by atomic mass is 10.1. The summed E-state index contributed by atoms with van der Waals surface area (Å²) in [5, 5.41) is 10.1. The Morgan fingerprint density at radius 3 is 2.65 bits per heavy atom. The summed E-state index contributed by atoms with van der Waals surface area (Å²) in [6.45, 7) is 1.87. The van der Waals surface area contributed by atoms with Crippen molar-refractivity contribution in [2.24, 2.45) is 4.99 Å². The Labute approximate surface area is 152 Å². The van der Waals surface area contributed by atoms with Gasteiger partial charge in [0.15, 0.2) is 11.5 Å². The van der Waals surface area contributed by atoms with Gasteiger partial charge in [-0.05, 0) is 43.2 Å². The Bertz CT molecular complexity index is 827. The molecule has 0 aliphatic carbocycles. The van der Waals surface area contributed by atoms with Gasteiger partial charge in [-0.15, -0.1) is 0 Å². The van der Waals surface area contributed by atoms with Crippen molar-refractivity contribution in [2.45, 2.75) is 12.8 Å². The number of nitrogens with zero attached hydrogens (tertiary/aromatic N) is 2. The number of carbonyl (C=O) groups is 1. The molecule has 1 N–H and O–H groups in total. The number of phenols is 1. The summed E-state index contributed by atoms with van der Waals surface area (Å²) >= 11 is 0. The number of hydrogen-bond acceptors (Lipinski definition) is 6. The highest BCUT2D eigenvalue weighted by molar-refractivity contribution is 5.97. The summed E-state index contributed by atoms with van der Waals surface area (Å²) in [6.07, 6.45) is 3.79. The van der Waals surface area contributed by atoms with E-state index < -0.39 is 0 Å². The van der Waals surface area contributed by atoms with E-state index in [4.69, 9.17) is 9.47 Å². The molecular weight excluding hydrogens is 332 g/mol. The van der Waals surface area contributed by atoms with E-state index in [1.54, 1.807) is 30.5 Å². The summed E-state index contributed by atoms with van der Waals surface area (Å²) in [5.74, 6) is 0.0300. The number of ether oxygens (including phenoxy) is 2. The number of esters is 1. The number of benzene rings is 2. The van der Waals surface area contributed by atoms with Crippen molar-refractivity contribution in [3.63, 3.8) is 0 Å². The summed E-state index contributed by atoms with van der Waals surface area (Å²) in [7, 11) is 2.87. The Hall–Kier alpha value is -3.02. The summed E-state index contributed by atoms with van der Waals surface area (Å²) in [4.78, 5) is 18.8. The van der Waals surface area contributed by atoms with E-state index in [1.165, 1.54) is 14.2 Å². The van der Waals surface area contributed by atoms with Gasteiger partial charge in [0, 0.05) is 24.9 Å². The molecule has 2 aromatic carbocycles. The minimum Gasteiger partial charge on any atom is -0.504 e. The second-order valence-corrected chi connectivity index (χ2v) is 6.04. The second-order valence-electron chi connectivity index (χ2n) is 6.04. The number of hydrogen-bond donors (Lipinski definition) is 1. The van der Waals surface area contributed by atoms with Crippen LogP contribution in [0, 0.1) is 0 Å². The fourth-order valence-corrected chi connectivity index (χ4v) is 3.06. The highest BCUT2D eigenvalue weighted by Gasteiger charge is 2.20. The largest absolute Gasteiger partial charge is 0.504 e. The lowest BCUT2D eigenvalue weighted by Crippen LogP contribution is -2.20. The smallest absolute Gasteiger partial charge is 0.340 e. The van der Waals surface area contributed by atoms with Crippen LogP contribution in [0.2, 0.25) is 0 Å². The van der Waals surface area contributed by atoms with E-state index in [9.17, 15) is 9.90 Å². The molecule has 6 heteroatoms. The molecule has 1 heterocycles. The first kappa shape index (κ1) is 17.8. The highest BCUT2D eigenvalue weighted by atomic mass is 16.5. The van der Waals surface area contributed by atoms with E-state index in [-0.39, 0.29) is 11.7 Å². The van der Waals surface area contributed by atoms with E-state index >= 15 is 0 Å². The summed E-state index contributed by atoms with van der Waals surface area (Å²) in [6, 6.07) is 10.7. The molecule has 26 heavy (non-hydrogen) atoms. The quantitative estimate of drug-likeness (QED) is 0.657. The van der Waals surface area contributed by atoms with E-state index in [0.717, 1.165) is 31.6 Å². The average molecular weight is 354 g/mol. The predicted octanol–water partition coefficient (Wildman–Crippen LogP) is 3.54. The molecule has 0 radical (unpaired) electrons. The van der Waals surface area contributed by atoms with Gasteiger partial charge in [-0.3, -0.25) is 4.99 Å². The highest BCUT2D eigenvalue weighted by Crippen LogP contribution is 2.31. The molecule has 0 spiro atoms. The predicted molar refractivity (Wildman–Crippen MR) is 101 cm³/mol. The standard InChI is InChI=1S/C20H22N2O4/c1-25-18-7-5-6-14(19(18)23)13-21-15-8-9-17(22-10-3-4-11-22)16(12-15)20(24)26-2/h5-9,12-13,23H,3-4,10-11H2,1-2H3. The molecule has 0 amide bonds. The molecule has 1 aliphatic heterocycles. The number of phenolic OH excluding ortho intramolecular Hbond substituents is 1. The van der Waals surface area contributed by atoms with Crippen LogP contribution in [0.15, 0.2) is 41.4 Å². The maximum Gasteiger partial charge on any atom is 0.340 e. The number of aromatic hydroxyl groups is 1. The zero-order valence-corrected chi connectivity index (χ0v) is 14.9. The number of methoxy groups -OCH3 is 2. The van der Waals surface area contributed by atoms with Crippen LogP contribution in [0.3, 0.4) is 0 Å². The van der Waals surface area contributed by atoms with Gasteiger partial charge in [-0.1, -0.05) is 6.07 Å². The van der Waals surface area contributed by atoms with Crippen LogP contribution in [0.25, 0.3) is 0 Å². The lowest BCUT2D eigenvalue weighted by Gasteiger charge is -2.20. The fraction of sp³-hybridized carbons (Fsp3) is 0.300. The molecule has 6 nitrogen and oxygen atoms in total. The Morgan fingerprint density at radius 1 is 1.19 bits per heavy atom. The van der Waals surface area contributed by atoms with Gasteiger partial charge in [0.2, 0.25) is 0 Å². The first-order valence-electron chi connectivity index (χ1n) is 8.51. The van der Waals surface area contributed by atoms with Crippen LogP contribution < -0.4 is 9.64 Å². The molecule has 2 aromatic rings. The van der Waals surface area contributed by atoms with Gasteiger partial charge >= 0.3 is 5.97 Å². The number of anilines is 1. The zero-order chi connectivity index (χ0) is 18.5. The molecule has 3 rings (SSSR count). The van der Waals surface area contributed by atoms with Crippen molar-refractivity contribution in [3.05, 3.63) is 47.5 Å². The average Bonchev–Trinajstić information content (AvgIpc) is 3.21. The summed E-state index contributed by atoms with van der Waals surface area (Å²) < 4.78 is 10.0. The van der Waals surface area contributed by atoms with Crippen LogP contribution in [-0.2, 0) is 4.74 Å². The topological polar surface area (TPSA) is 71.4 Å². The van der Waals surface area contributed by atoms with E-state index in [0.29, 0.717) is 22.6 Å². The number of rotatable bonds is 5. The first-order valence-corrected chi connectivity index (χ1v) is 8.51. The van der Waals surface area contributed by atoms with Crippen LogP contribution in [0.5, 0.6) is 11.5 Å². The monoisotopic (exact) mass is 354 g/mol. The third-order valence-electron chi connectivity index (χ3n) is 4.44. The van der Waals surface area contributed by atoms with Gasteiger partial charge in [-0.2, -0.15) is 0 Å². The van der Waals surface area contributed by atoms with Gasteiger partial charge in [0.05, 0.1) is 31.2 Å². The van der Waals surface area contributed by atoms with Crippen molar-refractivity contribution < 1.29 is 19.4 Å². The van der Waals surface area contributed by atoms with Gasteiger partial charge in [0.1, 0.15) is 0 Å². The maximum absolute atomic E-state index is 12.2. The summed E-state index contributed by atoms with van der Waals surface area (Å²) in [5.41, 5.74) is 2.51. The fourth-order valence-electron chi connectivity index (χ4n) is 3.06. The molecule has 0 atom stereocenters. The van der Waals surface area contributed by atoms with Crippen molar-refractivity contribution in [3.8, 4) is 11.5 Å². The normalized spacial score (nSPS) is 14.0. The third-order valence-corrected chi connectivity index (χ3v) is 4.44. The van der Waals surface area contributed by atoms with Crippen LogP contribution in [-0.4, -0.2) is 44.6 Å². The van der Waals surface area contributed by atoms with Crippen molar-refractivity contribution in [2.75, 3.05) is 32.2 Å². The molecule has 1 aliphatic rings. The Balaban J connectivity index is 1.92. The van der Waals surface area contributed by atoms with Crippen LogP contribution >= 0.6 is 0 Å². The number of aliphatic imine (C=N–C) groups is 1. The molecule has 0 saturated carbocycles. The van der Waals surface area contributed by atoms with Crippen molar-refractivity contribution in [1.82, 2.24) is 0 Å². The first-order chi connectivity index (χ1) is 12.6.